The minimum Gasteiger partial charge on any atom is -0.0738 e. The summed E-state index contributed by atoms with van der Waals surface area (Å²) in [5.74, 6) is 2.57. The van der Waals surface area contributed by atoms with Crippen molar-refractivity contribution >= 4 is 0 Å². The zero-order valence-electron chi connectivity index (χ0n) is 14.2. The van der Waals surface area contributed by atoms with Crippen LogP contribution < -0.4 is 0 Å². The Bertz CT molecular complexity index is 462. The Labute approximate surface area is 125 Å². The van der Waals surface area contributed by atoms with E-state index in [-0.39, 0.29) is 0 Å². The molecular formula is C20H32. The number of rotatable bonds is 1. The van der Waals surface area contributed by atoms with Gasteiger partial charge in [0.15, 0.2) is 0 Å². The van der Waals surface area contributed by atoms with Gasteiger partial charge in [-0.1, -0.05) is 50.0 Å². The average Bonchev–Trinajstić information content (AvgIpc) is 2.88. The first kappa shape index (κ1) is 14.4. The molecular weight excluding hydrogens is 240 g/mol. The van der Waals surface area contributed by atoms with Gasteiger partial charge in [0.25, 0.3) is 0 Å². The third kappa shape index (κ3) is 2.20. The summed E-state index contributed by atoms with van der Waals surface area (Å²) in [5, 5.41) is 0. The summed E-state index contributed by atoms with van der Waals surface area (Å²) in [6.07, 6.45) is 9.77. The van der Waals surface area contributed by atoms with Crippen LogP contribution in [0.3, 0.4) is 0 Å². The predicted octanol–water partition coefficient (Wildman–Crippen LogP) is 6.29. The summed E-state index contributed by atoms with van der Waals surface area (Å²) in [6, 6.07) is 0. The van der Waals surface area contributed by atoms with Crippen molar-refractivity contribution in [2.45, 2.75) is 79.6 Å². The van der Waals surface area contributed by atoms with Crippen molar-refractivity contribution in [2.24, 2.45) is 23.2 Å². The Morgan fingerprint density at radius 2 is 1.85 bits per heavy atom. The molecule has 0 heteroatoms. The fourth-order valence-electron chi connectivity index (χ4n) is 5.32. The largest absolute Gasteiger partial charge is 0.0738 e. The molecule has 0 unspecified atom stereocenters. The SMILES string of the molecule is CC1=C2C[C@@]3(C)CCC(C(C)C)=C3CC[C@@H](C)[C@@H]2CC1. The molecule has 3 aliphatic carbocycles. The first-order valence-corrected chi connectivity index (χ1v) is 8.83. The lowest BCUT2D eigenvalue weighted by Crippen LogP contribution is -2.25. The number of allylic oxidation sites excluding steroid dienone is 4. The molecule has 3 aliphatic rings. The number of fused-ring (bicyclic) bond motifs is 2. The van der Waals surface area contributed by atoms with Gasteiger partial charge in [-0.3, -0.25) is 0 Å². The highest BCUT2D eigenvalue weighted by atomic mass is 14.5. The van der Waals surface area contributed by atoms with Gasteiger partial charge < -0.3 is 0 Å². The van der Waals surface area contributed by atoms with E-state index in [1.807, 2.05) is 16.7 Å². The Hall–Kier alpha value is -0.520. The summed E-state index contributed by atoms with van der Waals surface area (Å²) < 4.78 is 0. The molecule has 0 saturated heterocycles. The van der Waals surface area contributed by atoms with Crippen molar-refractivity contribution in [1.82, 2.24) is 0 Å². The molecule has 0 nitrogen and oxygen atoms in total. The molecule has 0 bridgehead atoms. The molecule has 3 rings (SSSR count). The van der Waals surface area contributed by atoms with Crippen molar-refractivity contribution in [1.29, 1.82) is 0 Å². The Morgan fingerprint density at radius 3 is 2.55 bits per heavy atom. The molecule has 0 spiro atoms. The maximum Gasteiger partial charge on any atom is -0.00732 e. The second-order valence-electron chi connectivity index (χ2n) is 8.36. The fraction of sp³-hybridized carbons (Fsp3) is 0.800. The third-order valence-corrected chi connectivity index (χ3v) is 6.70. The maximum absolute atomic E-state index is 2.57. The van der Waals surface area contributed by atoms with Crippen molar-refractivity contribution < 1.29 is 0 Å². The lowest BCUT2D eigenvalue weighted by atomic mass is 9.68. The molecule has 0 aliphatic heterocycles. The molecule has 0 aromatic rings. The monoisotopic (exact) mass is 272 g/mol. The molecule has 20 heavy (non-hydrogen) atoms. The predicted molar refractivity (Wildman–Crippen MR) is 87.6 cm³/mol. The van der Waals surface area contributed by atoms with E-state index in [1.54, 1.807) is 5.57 Å². The van der Waals surface area contributed by atoms with Crippen molar-refractivity contribution in [3.8, 4) is 0 Å². The van der Waals surface area contributed by atoms with Crippen LogP contribution in [0.25, 0.3) is 0 Å². The summed E-state index contributed by atoms with van der Waals surface area (Å²) >= 11 is 0. The smallest absolute Gasteiger partial charge is 0.00732 e. The lowest BCUT2D eigenvalue weighted by molar-refractivity contribution is 0.291. The third-order valence-electron chi connectivity index (χ3n) is 6.70. The van der Waals surface area contributed by atoms with Gasteiger partial charge in [-0.05, 0) is 75.0 Å². The molecule has 0 heterocycles. The van der Waals surface area contributed by atoms with Crippen LogP contribution in [0.2, 0.25) is 0 Å². The zero-order chi connectivity index (χ0) is 14.5. The van der Waals surface area contributed by atoms with E-state index < -0.39 is 0 Å². The van der Waals surface area contributed by atoms with Crippen molar-refractivity contribution in [2.75, 3.05) is 0 Å². The van der Waals surface area contributed by atoms with Crippen LogP contribution in [0.1, 0.15) is 79.6 Å². The summed E-state index contributed by atoms with van der Waals surface area (Å²) in [4.78, 5) is 0. The second-order valence-corrected chi connectivity index (χ2v) is 8.36. The standard InChI is InChI=1S/C20H32/c1-13(2)16-10-11-20(5)12-18-15(4)6-8-17(18)14(3)7-9-19(16)20/h13-14,17H,6-12H2,1-5H3/t14-,17+,20-/m1/s1. The quantitative estimate of drug-likeness (QED) is 0.492. The van der Waals surface area contributed by atoms with Gasteiger partial charge in [0.2, 0.25) is 0 Å². The second kappa shape index (κ2) is 5.04. The fourth-order valence-corrected chi connectivity index (χ4v) is 5.32. The minimum absolute atomic E-state index is 0.499. The van der Waals surface area contributed by atoms with Crippen LogP contribution >= 0.6 is 0 Å². The molecule has 0 aromatic heterocycles. The molecule has 0 amide bonds. The number of hydrogen-bond donors (Lipinski definition) is 0. The molecule has 112 valence electrons. The van der Waals surface area contributed by atoms with Crippen LogP contribution in [-0.2, 0) is 0 Å². The normalized spacial score (nSPS) is 38.1. The molecule has 1 fully saturated rings. The van der Waals surface area contributed by atoms with Crippen LogP contribution in [0, 0.1) is 23.2 Å². The Balaban J connectivity index is 2.00. The highest BCUT2D eigenvalue weighted by Gasteiger charge is 2.42. The first-order valence-electron chi connectivity index (χ1n) is 8.83. The highest BCUT2D eigenvalue weighted by molar-refractivity contribution is 5.35. The average molecular weight is 272 g/mol. The van der Waals surface area contributed by atoms with Gasteiger partial charge in [-0.15, -0.1) is 0 Å². The van der Waals surface area contributed by atoms with E-state index in [0.29, 0.717) is 5.41 Å². The molecule has 0 aromatic carbocycles. The number of hydrogen-bond acceptors (Lipinski definition) is 0. The first-order chi connectivity index (χ1) is 9.42. The summed E-state index contributed by atoms with van der Waals surface area (Å²) in [7, 11) is 0. The van der Waals surface area contributed by atoms with E-state index in [1.165, 1.54) is 44.9 Å². The van der Waals surface area contributed by atoms with Crippen molar-refractivity contribution in [3.63, 3.8) is 0 Å². The lowest BCUT2D eigenvalue weighted by Gasteiger charge is -2.37. The van der Waals surface area contributed by atoms with E-state index in [9.17, 15) is 0 Å². The van der Waals surface area contributed by atoms with E-state index >= 15 is 0 Å². The van der Waals surface area contributed by atoms with Crippen LogP contribution in [-0.4, -0.2) is 0 Å². The van der Waals surface area contributed by atoms with Gasteiger partial charge in [0.1, 0.15) is 0 Å². The van der Waals surface area contributed by atoms with Crippen LogP contribution in [0.15, 0.2) is 22.3 Å². The van der Waals surface area contributed by atoms with E-state index in [4.69, 9.17) is 0 Å². The topological polar surface area (TPSA) is 0 Å². The zero-order valence-corrected chi connectivity index (χ0v) is 14.2. The Kier molecular flexibility index (Phi) is 3.63. The van der Waals surface area contributed by atoms with Crippen molar-refractivity contribution in [3.05, 3.63) is 22.3 Å². The minimum atomic E-state index is 0.499. The molecule has 0 radical (unpaired) electrons. The van der Waals surface area contributed by atoms with Gasteiger partial charge >= 0.3 is 0 Å². The maximum atomic E-state index is 2.57. The van der Waals surface area contributed by atoms with Gasteiger partial charge in [-0.25, -0.2) is 0 Å². The van der Waals surface area contributed by atoms with E-state index in [2.05, 4.69) is 34.6 Å². The summed E-state index contributed by atoms with van der Waals surface area (Å²) in [5.41, 5.74) is 7.78. The highest BCUT2D eigenvalue weighted by Crippen LogP contribution is 2.56. The van der Waals surface area contributed by atoms with E-state index in [0.717, 1.165) is 17.8 Å². The van der Waals surface area contributed by atoms with Crippen LogP contribution in [0.4, 0.5) is 0 Å². The van der Waals surface area contributed by atoms with Gasteiger partial charge in [0, 0.05) is 0 Å². The summed E-state index contributed by atoms with van der Waals surface area (Å²) in [6.45, 7) is 12.3. The molecule has 3 atom stereocenters. The van der Waals surface area contributed by atoms with Crippen LogP contribution in [0.5, 0.6) is 0 Å². The molecule has 0 N–H and O–H groups in total. The molecule has 1 saturated carbocycles. The van der Waals surface area contributed by atoms with Gasteiger partial charge in [0.05, 0.1) is 0 Å². The van der Waals surface area contributed by atoms with Gasteiger partial charge in [-0.2, -0.15) is 0 Å². The Morgan fingerprint density at radius 1 is 1.10 bits per heavy atom.